The highest BCUT2D eigenvalue weighted by atomic mass is 31.2. The minimum absolute atomic E-state index is 0.0934. The van der Waals surface area contributed by atoms with E-state index in [1.807, 2.05) is 0 Å². The quantitative estimate of drug-likeness (QED) is 0.121. The molecule has 0 bridgehead atoms. The molecule has 0 N–H and O–H groups in total. The average molecular weight is 1070 g/mol. The number of benzene rings is 11. The molecule has 6 heteroatoms. The minimum Gasteiger partial charge on any atom is -0.449 e. The van der Waals surface area contributed by atoms with Crippen LogP contribution in [0.4, 0.5) is 0 Å². The van der Waals surface area contributed by atoms with E-state index in [1.54, 1.807) is 0 Å². The lowest BCUT2D eigenvalue weighted by Crippen LogP contribution is -2.57. The van der Waals surface area contributed by atoms with Crippen LogP contribution in [0.25, 0.3) is 136 Å². The Morgan fingerprint density at radius 3 is 1.43 bits per heavy atom. The van der Waals surface area contributed by atoms with Crippen molar-refractivity contribution in [2.75, 3.05) is 6.54 Å². The summed E-state index contributed by atoms with van der Waals surface area (Å²) in [6.45, 7) is 7.80. The van der Waals surface area contributed by atoms with E-state index in [4.69, 9.17) is 4.74 Å². The van der Waals surface area contributed by atoms with Crippen LogP contribution in [0, 0.1) is 5.41 Å². The molecule has 19 rings (SSSR count). The second-order valence-electron chi connectivity index (χ2n) is 23.8. The molecule has 1 spiro atoms. The van der Waals surface area contributed by atoms with Crippen LogP contribution < -0.4 is 25.5 Å². The summed E-state index contributed by atoms with van der Waals surface area (Å²) in [6, 6.07) is 87.4. The van der Waals surface area contributed by atoms with Gasteiger partial charge in [-0.3, -0.25) is 4.57 Å². The van der Waals surface area contributed by atoms with Gasteiger partial charge >= 0.3 is 13.0 Å². The van der Waals surface area contributed by atoms with Crippen LogP contribution in [-0.4, -0.2) is 20.3 Å². The largest absolute Gasteiger partial charge is 0.449 e. The van der Waals surface area contributed by atoms with Crippen molar-refractivity contribution < 1.29 is 9.30 Å². The van der Waals surface area contributed by atoms with Gasteiger partial charge in [-0.05, 0) is 141 Å². The van der Waals surface area contributed by atoms with Crippen LogP contribution in [0.1, 0.15) is 20.8 Å². The number of aromatic nitrogens is 3. The van der Waals surface area contributed by atoms with Gasteiger partial charge in [-0.2, -0.15) is 9.13 Å². The molecular weight excluding hydrogens is 1020 g/mol. The van der Waals surface area contributed by atoms with Gasteiger partial charge in [0, 0.05) is 21.5 Å². The Morgan fingerprint density at radius 1 is 0.415 bits per heavy atom. The van der Waals surface area contributed by atoms with E-state index in [-0.39, 0.29) is 5.41 Å². The predicted octanol–water partition coefficient (Wildman–Crippen LogP) is 18.1. The summed E-state index contributed by atoms with van der Waals surface area (Å²) in [5.74, 6) is 3.07. The molecule has 2 aromatic heterocycles. The third-order valence-electron chi connectivity index (χ3n) is 18.8. The standard InChI is InChI=1S/C76H51N4OP/c1-76(2,3)45-41-42-77-68(43-45)79-62-34-17-16-31-56(62)59-39-40-67-74(71(59)79)82(77)73-65(37-20-38-66(73)81-67)78-63-35-18-19-36-64(63)80(75(78)82)72-69-57-32-14-12-27-52(57)48-23-6-4-21-46(48)50-25-8-10-29-54(50)60(69)44-61-55-30-11-9-26-51(55)47-22-5-7-24-49(47)53-28-13-15-33-58(53)70(61)72/h4-41,43-44H,42H2,1-3H3/q+2. The molecule has 1 atom stereocenters. The zero-order chi connectivity index (χ0) is 53.9. The molecule has 82 heavy (non-hydrogen) atoms. The normalized spacial score (nSPS) is 16.0. The first-order valence-corrected chi connectivity index (χ1v) is 30.4. The summed E-state index contributed by atoms with van der Waals surface area (Å²) in [5.41, 5.74) is 9.61. The highest BCUT2D eigenvalue weighted by Gasteiger charge is 2.75. The van der Waals surface area contributed by atoms with Crippen LogP contribution in [0.2, 0.25) is 0 Å². The Balaban J connectivity index is 1.15. The maximum absolute atomic E-state index is 7.45. The van der Waals surface area contributed by atoms with Gasteiger partial charge in [-0.25, -0.2) is 4.67 Å². The maximum atomic E-state index is 7.45. The van der Waals surface area contributed by atoms with Crippen molar-refractivity contribution in [2.45, 2.75) is 20.8 Å². The van der Waals surface area contributed by atoms with Gasteiger partial charge in [0.25, 0.3) is 0 Å². The van der Waals surface area contributed by atoms with Crippen LogP contribution in [0.3, 0.4) is 0 Å². The highest BCUT2D eigenvalue weighted by Crippen LogP contribution is 2.73. The summed E-state index contributed by atoms with van der Waals surface area (Å²) in [7, 11) is -3.06. The van der Waals surface area contributed by atoms with Crippen LogP contribution in [0.15, 0.2) is 248 Å². The van der Waals surface area contributed by atoms with Crippen molar-refractivity contribution >= 4 is 148 Å². The number of hydrogen-bond acceptors (Lipinski definition) is 2. The Bertz CT molecular complexity index is 5470. The van der Waals surface area contributed by atoms with Crippen molar-refractivity contribution in [3.05, 3.63) is 248 Å². The molecule has 5 nitrogen and oxygen atoms in total. The molecule has 4 aliphatic rings. The molecule has 0 amide bonds. The fraction of sp³-hybridized carbons (Fsp3) is 0.0658. The molecule has 15 aromatic rings. The third-order valence-corrected chi connectivity index (χ3v) is 23.0. The first-order valence-electron chi connectivity index (χ1n) is 28.7. The Hall–Kier alpha value is -9.80. The molecule has 384 valence electrons. The summed E-state index contributed by atoms with van der Waals surface area (Å²) in [5, 5.41) is 24.4. The van der Waals surface area contributed by atoms with Gasteiger partial charge in [0.05, 0.1) is 12.1 Å². The first kappa shape index (κ1) is 45.0. The molecule has 0 saturated carbocycles. The average Bonchev–Trinajstić information content (AvgIpc) is 1.48. The number of allylic oxidation sites excluding steroid dienone is 2. The van der Waals surface area contributed by atoms with Crippen molar-refractivity contribution in [3.63, 3.8) is 0 Å². The van der Waals surface area contributed by atoms with Gasteiger partial charge in [0.1, 0.15) is 11.3 Å². The Morgan fingerprint density at radius 2 is 0.878 bits per heavy atom. The van der Waals surface area contributed by atoms with E-state index >= 15 is 0 Å². The molecule has 0 fully saturated rings. The molecule has 0 saturated heterocycles. The van der Waals surface area contributed by atoms with E-state index < -0.39 is 7.41 Å². The zero-order valence-corrected chi connectivity index (χ0v) is 46.3. The van der Waals surface area contributed by atoms with Crippen LogP contribution in [-0.2, 0) is 0 Å². The fourth-order valence-corrected chi connectivity index (χ4v) is 20.5. The molecule has 0 aliphatic carbocycles. The van der Waals surface area contributed by atoms with Crippen molar-refractivity contribution in [3.8, 4) is 22.9 Å². The van der Waals surface area contributed by atoms with Gasteiger partial charge < -0.3 is 4.74 Å². The smallest absolute Gasteiger partial charge is 0.441 e. The number of ether oxygens (including phenoxy) is 1. The number of para-hydroxylation sites is 3. The van der Waals surface area contributed by atoms with Crippen LogP contribution in [0.5, 0.6) is 11.5 Å². The van der Waals surface area contributed by atoms with E-state index in [0.717, 1.165) is 22.5 Å². The second kappa shape index (κ2) is 15.8. The minimum atomic E-state index is -3.06. The number of imidazole rings is 1. The first-order chi connectivity index (χ1) is 40.4. The summed E-state index contributed by atoms with van der Waals surface area (Å²) in [4.78, 5) is 0. The lowest BCUT2D eigenvalue weighted by molar-refractivity contribution is -0.543. The SMILES string of the molecule is CC(C)(C)C1=CCN2C(=C1)n1c3ccccc3c3ccc4c(c31)[P+]21c2c(cccc2-n2c1[n+](-c1c3c5ccccc5c5ccccc5c5ccccc5c3cc3c5ccccc5c5ccccc5c5ccccc5c13)c1ccccc12)O4. The monoisotopic (exact) mass is 1070 g/mol. The molecule has 1 unspecified atom stereocenters. The van der Waals surface area contributed by atoms with E-state index in [1.165, 1.54) is 147 Å². The van der Waals surface area contributed by atoms with Crippen molar-refractivity contribution in [1.82, 2.24) is 13.8 Å². The number of nitrogens with zero attached hydrogens (tertiary/aromatic N) is 4. The van der Waals surface area contributed by atoms with Gasteiger partial charge in [0.2, 0.25) is 10.6 Å². The Kier molecular flexibility index (Phi) is 8.65. The molecular formula is C76H51N4OP+2. The maximum Gasteiger partial charge on any atom is 0.441 e. The topological polar surface area (TPSA) is 26.2 Å². The van der Waals surface area contributed by atoms with Crippen molar-refractivity contribution in [2.24, 2.45) is 5.41 Å². The summed E-state index contributed by atoms with van der Waals surface area (Å²) >= 11 is 0. The number of fused-ring (bicyclic) bond motifs is 25. The van der Waals surface area contributed by atoms with Crippen molar-refractivity contribution in [1.29, 1.82) is 0 Å². The van der Waals surface area contributed by atoms with Gasteiger partial charge in [0.15, 0.2) is 33.9 Å². The van der Waals surface area contributed by atoms with E-state index in [2.05, 4.69) is 282 Å². The summed E-state index contributed by atoms with van der Waals surface area (Å²) < 4.78 is 18.4. The summed E-state index contributed by atoms with van der Waals surface area (Å²) in [6.07, 6.45) is 5.07. The lowest BCUT2D eigenvalue weighted by Gasteiger charge is -2.42. The Labute approximate surface area is 472 Å². The van der Waals surface area contributed by atoms with Gasteiger partial charge in [-0.1, -0.05) is 209 Å². The molecule has 4 aliphatic heterocycles. The number of hydrogen-bond donors (Lipinski definition) is 0. The van der Waals surface area contributed by atoms with Crippen LogP contribution >= 0.6 is 7.41 Å². The molecule has 13 aromatic carbocycles. The highest BCUT2D eigenvalue weighted by molar-refractivity contribution is 7.95. The van der Waals surface area contributed by atoms with E-state index in [9.17, 15) is 0 Å². The molecule has 6 heterocycles. The fourth-order valence-electron chi connectivity index (χ4n) is 15.5. The predicted molar refractivity (Wildman–Crippen MR) is 346 cm³/mol. The lowest BCUT2D eigenvalue weighted by atomic mass is 9.85. The zero-order valence-electron chi connectivity index (χ0n) is 45.4. The van der Waals surface area contributed by atoms with Gasteiger partial charge in [-0.15, -0.1) is 0 Å². The molecule has 0 radical (unpaired) electrons. The van der Waals surface area contributed by atoms with E-state index in [0.29, 0.717) is 6.54 Å². The second-order valence-corrected chi connectivity index (χ2v) is 26.9. The number of rotatable bonds is 1. The third kappa shape index (κ3) is 5.46.